The van der Waals surface area contributed by atoms with Gasteiger partial charge in [0.15, 0.2) is 0 Å². The first-order valence-corrected chi connectivity index (χ1v) is 6.91. The highest BCUT2D eigenvalue weighted by Gasteiger charge is 2.17. The number of nitro groups is 1. The number of rotatable bonds is 6. The minimum Gasteiger partial charge on any atom is -0.319 e. The topological polar surface area (TPSA) is 101 Å². The van der Waals surface area contributed by atoms with E-state index in [2.05, 4.69) is 10.0 Å². The SMILES string of the molecule is CNCCS(=O)(=O)Nc1cccc([N+](=O)[O-])c1C. The molecule has 0 heterocycles. The van der Waals surface area contributed by atoms with Crippen molar-refractivity contribution in [2.75, 3.05) is 24.1 Å². The second kappa shape index (κ2) is 5.78. The van der Waals surface area contributed by atoms with Gasteiger partial charge in [0.05, 0.1) is 21.9 Å². The Bertz CT molecular complexity index is 542. The molecule has 1 aromatic carbocycles. The van der Waals surface area contributed by atoms with Crippen molar-refractivity contribution in [3.05, 3.63) is 33.9 Å². The van der Waals surface area contributed by atoms with Gasteiger partial charge in [-0.15, -0.1) is 0 Å². The zero-order chi connectivity index (χ0) is 13.8. The highest BCUT2D eigenvalue weighted by molar-refractivity contribution is 7.92. The fourth-order valence-corrected chi connectivity index (χ4v) is 2.52. The van der Waals surface area contributed by atoms with E-state index in [1.807, 2.05) is 0 Å². The highest BCUT2D eigenvalue weighted by Crippen LogP contribution is 2.25. The normalized spacial score (nSPS) is 11.2. The van der Waals surface area contributed by atoms with Crippen LogP contribution in [0.3, 0.4) is 0 Å². The predicted molar refractivity (Wildman–Crippen MR) is 69.2 cm³/mol. The van der Waals surface area contributed by atoms with Crippen LogP contribution in [-0.4, -0.2) is 32.7 Å². The molecule has 2 N–H and O–H groups in total. The van der Waals surface area contributed by atoms with Crippen LogP contribution in [0.15, 0.2) is 18.2 Å². The van der Waals surface area contributed by atoms with E-state index in [-0.39, 0.29) is 17.1 Å². The molecule has 18 heavy (non-hydrogen) atoms. The van der Waals surface area contributed by atoms with Crippen LogP contribution >= 0.6 is 0 Å². The maximum atomic E-state index is 11.7. The number of nitro benzene ring substituents is 1. The molecule has 1 aromatic rings. The van der Waals surface area contributed by atoms with Crippen LogP contribution in [-0.2, 0) is 10.0 Å². The number of nitrogens with one attached hydrogen (secondary N) is 2. The molecule has 0 unspecified atom stereocenters. The third kappa shape index (κ3) is 3.67. The summed E-state index contributed by atoms with van der Waals surface area (Å²) in [5.41, 5.74) is 0.430. The monoisotopic (exact) mass is 273 g/mol. The van der Waals surface area contributed by atoms with E-state index in [0.29, 0.717) is 12.1 Å². The van der Waals surface area contributed by atoms with Gasteiger partial charge in [-0.3, -0.25) is 14.8 Å². The first kappa shape index (κ1) is 14.4. The van der Waals surface area contributed by atoms with Crippen molar-refractivity contribution in [3.8, 4) is 0 Å². The molecular weight excluding hydrogens is 258 g/mol. The van der Waals surface area contributed by atoms with Gasteiger partial charge in [0.25, 0.3) is 5.69 Å². The van der Waals surface area contributed by atoms with E-state index in [0.717, 1.165) is 0 Å². The summed E-state index contributed by atoms with van der Waals surface area (Å²) in [6, 6.07) is 4.28. The lowest BCUT2D eigenvalue weighted by atomic mass is 10.2. The van der Waals surface area contributed by atoms with Gasteiger partial charge in [0.2, 0.25) is 10.0 Å². The van der Waals surface area contributed by atoms with Crippen molar-refractivity contribution >= 4 is 21.4 Å². The Morgan fingerprint density at radius 2 is 2.06 bits per heavy atom. The summed E-state index contributed by atoms with van der Waals surface area (Å²) in [5, 5.41) is 13.5. The molecule has 0 aliphatic carbocycles. The summed E-state index contributed by atoms with van der Waals surface area (Å²) in [6.07, 6.45) is 0. The van der Waals surface area contributed by atoms with Crippen LogP contribution in [0.1, 0.15) is 5.56 Å². The van der Waals surface area contributed by atoms with Gasteiger partial charge >= 0.3 is 0 Å². The molecule has 7 nitrogen and oxygen atoms in total. The third-order valence-electron chi connectivity index (χ3n) is 2.39. The molecule has 0 aliphatic heterocycles. The Hall–Kier alpha value is -1.67. The second-order valence-corrected chi connectivity index (χ2v) is 5.57. The third-order valence-corrected chi connectivity index (χ3v) is 3.66. The molecule has 8 heteroatoms. The van der Waals surface area contributed by atoms with Gasteiger partial charge in [-0.1, -0.05) is 6.07 Å². The molecular formula is C10H15N3O4S. The fraction of sp³-hybridized carbons (Fsp3) is 0.400. The molecule has 1 rings (SSSR count). The van der Waals surface area contributed by atoms with Gasteiger partial charge in [-0.25, -0.2) is 8.42 Å². The predicted octanol–water partition coefficient (Wildman–Crippen LogP) is 0.864. The first-order chi connectivity index (χ1) is 8.37. The number of sulfonamides is 1. The number of hydrogen-bond donors (Lipinski definition) is 2. The first-order valence-electron chi connectivity index (χ1n) is 5.26. The van der Waals surface area contributed by atoms with Gasteiger partial charge in [0.1, 0.15) is 0 Å². The summed E-state index contributed by atoms with van der Waals surface area (Å²) in [5.74, 6) is -0.0916. The number of hydrogen-bond acceptors (Lipinski definition) is 5. The number of nitrogens with zero attached hydrogens (tertiary/aromatic N) is 1. The van der Waals surface area contributed by atoms with Crippen LogP contribution in [0.2, 0.25) is 0 Å². The van der Waals surface area contributed by atoms with Crippen LogP contribution in [0, 0.1) is 17.0 Å². The molecule has 0 bridgehead atoms. The zero-order valence-corrected chi connectivity index (χ0v) is 11.0. The van der Waals surface area contributed by atoms with E-state index in [1.54, 1.807) is 7.05 Å². The van der Waals surface area contributed by atoms with Crippen molar-refractivity contribution < 1.29 is 13.3 Å². The lowest BCUT2D eigenvalue weighted by molar-refractivity contribution is -0.385. The molecule has 0 fully saturated rings. The molecule has 0 atom stereocenters. The van der Waals surface area contributed by atoms with E-state index in [4.69, 9.17) is 0 Å². The van der Waals surface area contributed by atoms with Crippen LogP contribution < -0.4 is 10.0 Å². The van der Waals surface area contributed by atoms with Crippen molar-refractivity contribution in [1.82, 2.24) is 5.32 Å². The number of anilines is 1. The van der Waals surface area contributed by atoms with E-state index in [9.17, 15) is 18.5 Å². The summed E-state index contributed by atoms with van der Waals surface area (Å²) in [4.78, 5) is 10.2. The second-order valence-electron chi connectivity index (χ2n) is 3.73. The van der Waals surface area contributed by atoms with Crippen molar-refractivity contribution in [3.63, 3.8) is 0 Å². The Morgan fingerprint density at radius 3 is 2.61 bits per heavy atom. The molecule has 0 spiro atoms. The lowest BCUT2D eigenvalue weighted by Crippen LogP contribution is -2.24. The maximum absolute atomic E-state index is 11.7. The van der Waals surface area contributed by atoms with Gasteiger partial charge < -0.3 is 5.32 Å². The molecule has 100 valence electrons. The van der Waals surface area contributed by atoms with Crippen LogP contribution in [0.5, 0.6) is 0 Å². The maximum Gasteiger partial charge on any atom is 0.274 e. The van der Waals surface area contributed by atoms with E-state index >= 15 is 0 Å². The quantitative estimate of drug-likeness (QED) is 0.591. The average molecular weight is 273 g/mol. The molecule has 0 saturated carbocycles. The molecule has 0 saturated heterocycles. The minimum atomic E-state index is -3.50. The standard InChI is InChI=1S/C10H15N3O4S/c1-8-9(4-3-5-10(8)13(14)15)12-18(16,17)7-6-11-2/h3-5,11-12H,6-7H2,1-2H3. The highest BCUT2D eigenvalue weighted by atomic mass is 32.2. The average Bonchev–Trinajstić information content (AvgIpc) is 2.29. The fourth-order valence-electron chi connectivity index (χ4n) is 1.39. The van der Waals surface area contributed by atoms with E-state index < -0.39 is 14.9 Å². The van der Waals surface area contributed by atoms with Crippen molar-refractivity contribution in [1.29, 1.82) is 0 Å². The molecule has 0 radical (unpaired) electrons. The number of benzene rings is 1. The largest absolute Gasteiger partial charge is 0.319 e. The zero-order valence-electron chi connectivity index (χ0n) is 10.1. The summed E-state index contributed by atoms with van der Waals surface area (Å²) in [7, 11) is -1.85. The van der Waals surface area contributed by atoms with Gasteiger partial charge in [-0.2, -0.15) is 0 Å². The molecule has 0 aromatic heterocycles. The molecule has 0 aliphatic rings. The minimum absolute atomic E-state index is 0.0916. The molecule has 0 amide bonds. The van der Waals surface area contributed by atoms with Crippen molar-refractivity contribution in [2.24, 2.45) is 0 Å². The van der Waals surface area contributed by atoms with Gasteiger partial charge in [0, 0.05) is 12.6 Å². The van der Waals surface area contributed by atoms with E-state index in [1.165, 1.54) is 25.1 Å². The lowest BCUT2D eigenvalue weighted by Gasteiger charge is -2.10. The summed E-state index contributed by atoms with van der Waals surface area (Å²) < 4.78 is 25.7. The summed E-state index contributed by atoms with van der Waals surface area (Å²) >= 11 is 0. The van der Waals surface area contributed by atoms with Gasteiger partial charge in [-0.05, 0) is 20.0 Å². The Kier molecular flexibility index (Phi) is 4.62. The smallest absolute Gasteiger partial charge is 0.274 e. The van der Waals surface area contributed by atoms with Crippen LogP contribution in [0.25, 0.3) is 0 Å². The van der Waals surface area contributed by atoms with Crippen LogP contribution in [0.4, 0.5) is 11.4 Å². The Balaban J connectivity index is 2.98. The van der Waals surface area contributed by atoms with Crippen molar-refractivity contribution in [2.45, 2.75) is 6.92 Å². The summed E-state index contributed by atoms with van der Waals surface area (Å²) in [6.45, 7) is 1.82. The Labute approximate surface area is 105 Å². The Morgan fingerprint density at radius 1 is 1.39 bits per heavy atom.